The van der Waals surface area contributed by atoms with Crippen LogP contribution in [0.5, 0.6) is 0 Å². The van der Waals surface area contributed by atoms with Crippen LogP contribution >= 0.6 is 11.3 Å². The molecule has 1 aromatic carbocycles. The first-order valence-corrected chi connectivity index (χ1v) is 9.33. The Morgan fingerprint density at radius 3 is 2.58 bits per heavy atom. The van der Waals surface area contributed by atoms with Crippen molar-refractivity contribution in [2.45, 2.75) is 51.0 Å². The maximum absolute atomic E-state index is 12.9. The summed E-state index contributed by atoms with van der Waals surface area (Å²) < 4.78 is 12.9. The molecule has 1 aliphatic rings. The number of carbonyl (C=O) groups is 1. The van der Waals surface area contributed by atoms with Gasteiger partial charge in [0.15, 0.2) is 5.13 Å². The van der Waals surface area contributed by atoms with Gasteiger partial charge in [0.25, 0.3) is 0 Å². The van der Waals surface area contributed by atoms with Gasteiger partial charge in [0, 0.05) is 17.1 Å². The number of hydrogen-bond donors (Lipinski definition) is 2. The Hall–Kier alpha value is -1.95. The van der Waals surface area contributed by atoms with Crippen LogP contribution in [0.1, 0.15) is 44.2 Å². The molecule has 0 unspecified atom stereocenters. The number of benzene rings is 1. The summed E-state index contributed by atoms with van der Waals surface area (Å²) in [5.74, 6) is -0.226. The molecule has 24 heavy (non-hydrogen) atoms. The van der Waals surface area contributed by atoms with Crippen molar-refractivity contribution in [3.8, 4) is 0 Å². The van der Waals surface area contributed by atoms with Gasteiger partial charge in [-0.2, -0.15) is 0 Å². The zero-order valence-corrected chi connectivity index (χ0v) is 14.4. The SMILES string of the molecule is O=C(Cc1csc(Nc2ccc(F)cc2)n1)NC1CCCCCC1. The molecular formula is C18H22FN3OS. The van der Waals surface area contributed by atoms with E-state index in [1.165, 1.54) is 49.2 Å². The van der Waals surface area contributed by atoms with Gasteiger partial charge in [-0.1, -0.05) is 25.7 Å². The molecule has 6 heteroatoms. The van der Waals surface area contributed by atoms with Crippen molar-refractivity contribution < 1.29 is 9.18 Å². The number of halogens is 1. The summed E-state index contributed by atoms with van der Waals surface area (Å²) in [6.07, 6.45) is 7.42. The molecule has 0 bridgehead atoms. The van der Waals surface area contributed by atoms with Gasteiger partial charge in [0.2, 0.25) is 5.91 Å². The van der Waals surface area contributed by atoms with E-state index >= 15 is 0 Å². The van der Waals surface area contributed by atoms with Gasteiger partial charge in [-0.25, -0.2) is 9.37 Å². The molecule has 0 atom stereocenters. The fourth-order valence-electron chi connectivity index (χ4n) is 2.97. The summed E-state index contributed by atoms with van der Waals surface area (Å²) in [7, 11) is 0. The second kappa shape index (κ2) is 8.24. The first-order valence-electron chi connectivity index (χ1n) is 8.45. The largest absolute Gasteiger partial charge is 0.353 e. The summed E-state index contributed by atoms with van der Waals surface area (Å²) in [5, 5.41) is 8.85. The molecule has 1 amide bonds. The topological polar surface area (TPSA) is 54.0 Å². The minimum absolute atomic E-state index is 0.0422. The summed E-state index contributed by atoms with van der Waals surface area (Å²) >= 11 is 1.44. The maximum atomic E-state index is 12.9. The number of carbonyl (C=O) groups excluding carboxylic acids is 1. The third-order valence-corrected chi connectivity index (χ3v) is 5.02. The Morgan fingerprint density at radius 2 is 1.88 bits per heavy atom. The minimum Gasteiger partial charge on any atom is -0.353 e. The number of amides is 1. The lowest BCUT2D eigenvalue weighted by Gasteiger charge is -2.15. The summed E-state index contributed by atoms with van der Waals surface area (Å²) in [4.78, 5) is 16.6. The van der Waals surface area contributed by atoms with Crippen LogP contribution in [0.25, 0.3) is 0 Å². The van der Waals surface area contributed by atoms with E-state index < -0.39 is 0 Å². The highest BCUT2D eigenvalue weighted by molar-refractivity contribution is 7.13. The van der Waals surface area contributed by atoms with Gasteiger partial charge in [-0.15, -0.1) is 11.3 Å². The second-order valence-electron chi connectivity index (χ2n) is 6.21. The van der Waals surface area contributed by atoms with Gasteiger partial charge in [-0.3, -0.25) is 4.79 Å². The second-order valence-corrected chi connectivity index (χ2v) is 7.07. The minimum atomic E-state index is -0.268. The fraction of sp³-hybridized carbons (Fsp3) is 0.444. The molecule has 0 saturated heterocycles. The third kappa shape index (κ3) is 5.03. The van der Waals surface area contributed by atoms with Crippen molar-refractivity contribution in [1.82, 2.24) is 10.3 Å². The standard InChI is InChI=1S/C18H22FN3OS/c19-13-7-9-15(10-8-13)21-18-22-16(12-24-18)11-17(23)20-14-5-3-1-2-4-6-14/h7-10,12,14H,1-6,11H2,(H,20,23)(H,21,22). The van der Waals surface area contributed by atoms with Crippen LogP contribution in [-0.2, 0) is 11.2 Å². The van der Waals surface area contributed by atoms with Gasteiger partial charge in [0.1, 0.15) is 5.82 Å². The van der Waals surface area contributed by atoms with E-state index in [1.807, 2.05) is 5.38 Å². The number of thiazole rings is 1. The molecule has 1 fully saturated rings. The van der Waals surface area contributed by atoms with E-state index in [4.69, 9.17) is 0 Å². The Bertz CT molecular complexity index is 663. The Labute approximate surface area is 145 Å². The van der Waals surface area contributed by atoms with E-state index in [2.05, 4.69) is 15.6 Å². The zero-order chi connectivity index (χ0) is 16.8. The van der Waals surface area contributed by atoms with Crippen LogP contribution in [0, 0.1) is 5.82 Å². The van der Waals surface area contributed by atoms with Gasteiger partial charge < -0.3 is 10.6 Å². The van der Waals surface area contributed by atoms with E-state index in [0.717, 1.165) is 24.2 Å². The van der Waals surface area contributed by atoms with Crippen molar-refractivity contribution in [3.63, 3.8) is 0 Å². The van der Waals surface area contributed by atoms with Gasteiger partial charge in [-0.05, 0) is 37.1 Å². The Kier molecular flexibility index (Phi) is 5.80. The van der Waals surface area contributed by atoms with E-state index in [0.29, 0.717) is 17.6 Å². The van der Waals surface area contributed by atoms with Gasteiger partial charge in [0.05, 0.1) is 12.1 Å². The highest BCUT2D eigenvalue weighted by Crippen LogP contribution is 2.22. The van der Waals surface area contributed by atoms with Crippen LogP contribution in [-0.4, -0.2) is 16.9 Å². The molecule has 1 heterocycles. The zero-order valence-electron chi connectivity index (χ0n) is 13.6. The first-order chi connectivity index (χ1) is 11.7. The molecule has 0 aliphatic heterocycles. The number of nitrogens with one attached hydrogen (secondary N) is 2. The number of anilines is 2. The summed E-state index contributed by atoms with van der Waals surface area (Å²) in [6, 6.07) is 6.44. The number of rotatable bonds is 5. The first kappa shape index (κ1) is 16.9. The van der Waals surface area contributed by atoms with Crippen LogP contribution in [0.3, 0.4) is 0 Å². The molecule has 4 nitrogen and oxygen atoms in total. The van der Waals surface area contributed by atoms with Gasteiger partial charge >= 0.3 is 0 Å². The number of nitrogens with zero attached hydrogens (tertiary/aromatic N) is 1. The lowest BCUT2D eigenvalue weighted by molar-refractivity contribution is -0.121. The van der Waals surface area contributed by atoms with E-state index in [9.17, 15) is 9.18 Å². The molecule has 2 aromatic rings. The Morgan fingerprint density at radius 1 is 1.17 bits per heavy atom. The van der Waals surface area contributed by atoms with Crippen molar-refractivity contribution >= 4 is 28.1 Å². The monoisotopic (exact) mass is 347 g/mol. The van der Waals surface area contributed by atoms with Crippen molar-refractivity contribution in [1.29, 1.82) is 0 Å². The molecule has 0 spiro atoms. The predicted molar refractivity (Wildman–Crippen MR) is 95.1 cm³/mol. The highest BCUT2D eigenvalue weighted by atomic mass is 32.1. The number of hydrogen-bond acceptors (Lipinski definition) is 4. The molecule has 128 valence electrons. The average Bonchev–Trinajstić information content (AvgIpc) is 2.83. The maximum Gasteiger partial charge on any atom is 0.226 e. The quantitative estimate of drug-likeness (QED) is 0.788. The molecule has 1 saturated carbocycles. The van der Waals surface area contributed by atoms with Crippen LogP contribution in [0.2, 0.25) is 0 Å². The molecular weight excluding hydrogens is 325 g/mol. The number of aromatic nitrogens is 1. The molecule has 3 rings (SSSR count). The molecule has 0 radical (unpaired) electrons. The van der Waals surface area contributed by atoms with Crippen LogP contribution < -0.4 is 10.6 Å². The van der Waals surface area contributed by atoms with Crippen LogP contribution in [0.15, 0.2) is 29.6 Å². The Balaban J connectivity index is 1.51. The molecule has 1 aromatic heterocycles. The normalized spacial score (nSPS) is 15.7. The van der Waals surface area contributed by atoms with E-state index in [1.54, 1.807) is 12.1 Å². The summed E-state index contributed by atoms with van der Waals surface area (Å²) in [6.45, 7) is 0. The lowest BCUT2D eigenvalue weighted by Crippen LogP contribution is -2.35. The summed E-state index contributed by atoms with van der Waals surface area (Å²) in [5.41, 5.74) is 1.54. The highest BCUT2D eigenvalue weighted by Gasteiger charge is 2.15. The molecule has 2 N–H and O–H groups in total. The van der Waals surface area contributed by atoms with Crippen molar-refractivity contribution in [2.24, 2.45) is 0 Å². The lowest BCUT2D eigenvalue weighted by atomic mass is 10.1. The predicted octanol–water partition coefficient (Wildman–Crippen LogP) is 4.41. The fourth-order valence-corrected chi connectivity index (χ4v) is 3.70. The van der Waals surface area contributed by atoms with Crippen LogP contribution in [0.4, 0.5) is 15.2 Å². The average molecular weight is 347 g/mol. The molecule has 1 aliphatic carbocycles. The van der Waals surface area contributed by atoms with Crippen molar-refractivity contribution in [3.05, 3.63) is 41.2 Å². The van der Waals surface area contributed by atoms with Crippen molar-refractivity contribution in [2.75, 3.05) is 5.32 Å². The smallest absolute Gasteiger partial charge is 0.226 e. The third-order valence-electron chi connectivity index (χ3n) is 4.21. The van der Waals surface area contributed by atoms with E-state index in [-0.39, 0.29) is 11.7 Å².